The summed E-state index contributed by atoms with van der Waals surface area (Å²) in [6.07, 6.45) is -4.53. The predicted molar refractivity (Wildman–Crippen MR) is 78.5 cm³/mol. The smallest absolute Gasteiger partial charge is 0.378 e. The van der Waals surface area contributed by atoms with E-state index in [0.29, 0.717) is 32.8 Å². The third kappa shape index (κ3) is 3.62. The van der Waals surface area contributed by atoms with Crippen molar-refractivity contribution in [2.24, 2.45) is 0 Å². The van der Waals surface area contributed by atoms with Crippen LogP contribution in [0.15, 0.2) is 18.2 Å². The van der Waals surface area contributed by atoms with Crippen molar-refractivity contribution in [3.05, 3.63) is 34.3 Å². The fraction of sp³-hybridized carbons (Fsp3) is 0.533. The second-order valence-corrected chi connectivity index (χ2v) is 6.18. The lowest BCUT2D eigenvalue weighted by molar-refractivity contribution is -0.137. The summed E-state index contributed by atoms with van der Waals surface area (Å²) >= 11 is 5.75. The van der Waals surface area contributed by atoms with E-state index < -0.39 is 17.6 Å². The number of benzene rings is 1. The van der Waals surface area contributed by atoms with E-state index in [9.17, 15) is 18.0 Å². The lowest BCUT2D eigenvalue weighted by Crippen LogP contribution is -2.59. The minimum absolute atomic E-state index is 0.0324. The number of alkyl halides is 3. The molecule has 1 atom stereocenters. The van der Waals surface area contributed by atoms with Gasteiger partial charge in [0.1, 0.15) is 0 Å². The van der Waals surface area contributed by atoms with Gasteiger partial charge in [-0.15, -0.1) is 0 Å². The molecule has 2 aliphatic heterocycles. The number of fused-ring (bicyclic) bond motifs is 1. The topological polar surface area (TPSA) is 32.8 Å². The molecule has 2 heterocycles. The van der Waals surface area contributed by atoms with Gasteiger partial charge in [0, 0.05) is 36.8 Å². The van der Waals surface area contributed by atoms with E-state index in [-0.39, 0.29) is 16.6 Å². The Balaban J connectivity index is 1.79. The molecule has 23 heavy (non-hydrogen) atoms. The quantitative estimate of drug-likeness (QED) is 0.782. The molecular weight excluding hydrogens is 333 g/mol. The maximum atomic E-state index is 12.9. The third-order valence-electron chi connectivity index (χ3n) is 4.20. The van der Waals surface area contributed by atoms with E-state index in [0.717, 1.165) is 18.7 Å². The highest BCUT2D eigenvalue weighted by atomic mass is 35.5. The highest BCUT2D eigenvalue weighted by molar-refractivity contribution is 6.31. The first-order chi connectivity index (χ1) is 10.8. The van der Waals surface area contributed by atoms with Gasteiger partial charge in [0.05, 0.1) is 24.8 Å². The zero-order valence-corrected chi connectivity index (χ0v) is 13.0. The van der Waals surface area contributed by atoms with Gasteiger partial charge < -0.3 is 9.64 Å². The summed E-state index contributed by atoms with van der Waals surface area (Å²) in [5.74, 6) is -0.428. The van der Waals surface area contributed by atoms with E-state index in [1.165, 1.54) is 6.07 Å². The average molecular weight is 349 g/mol. The highest BCUT2D eigenvalue weighted by Crippen LogP contribution is 2.32. The Morgan fingerprint density at radius 2 is 2.00 bits per heavy atom. The second-order valence-electron chi connectivity index (χ2n) is 5.74. The first kappa shape index (κ1) is 16.5. The molecule has 0 aliphatic carbocycles. The van der Waals surface area contributed by atoms with Crippen molar-refractivity contribution in [2.75, 3.05) is 39.4 Å². The van der Waals surface area contributed by atoms with Crippen LogP contribution in [0.5, 0.6) is 0 Å². The number of ether oxygens (including phenoxy) is 1. The van der Waals surface area contributed by atoms with Gasteiger partial charge in [0.15, 0.2) is 0 Å². The molecule has 0 radical (unpaired) electrons. The van der Waals surface area contributed by atoms with Gasteiger partial charge in [0.2, 0.25) is 0 Å². The van der Waals surface area contributed by atoms with Crippen molar-refractivity contribution in [1.82, 2.24) is 9.80 Å². The fourth-order valence-electron chi connectivity index (χ4n) is 2.99. The zero-order chi connectivity index (χ0) is 16.6. The van der Waals surface area contributed by atoms with Crippen LogP contribution in [0.25, 0.3) is 0 Å². The van der Waals surface area contributed by atoms with Crippen LogP contribution in [0, 0.1) is 0 Å². The molecule has 2 aliphatic rings. The number of hydrogen-bond donors (Lipinski definition) is 0. The maximum absolute atomic E-state index is 12.9. The van der Waals surface area contributed by atoms with Crippen molar-refractivity contribution in [3.8, 4) is 0 Å². The molecule has 1 unspecified atom stereocenters. The minimum Gasteiger partial charge on any atom is -0.378 e. The molecule has 0 saturated carbocycles. The Kier molecular flexibility index (Phi) is 4.53. The second kappa shape index (κ2) is 6.30. The van der Waals surface area contributed by atoms with E-state index in [1.807, 2.05) is 0 Å². The first-order valence-corrected chi connectivity index (χ1v) is 7.71. The number of morpholine rings is 1. The Morgan fingerprint density at radius 1 is 1.22 bits per heavy atom. The summed E-state index contributed by atoms with van der Waals surface area (Å²) in [7, 11) is 0. The van der Waals surface area contributed by atoms with Crippen LogP contribution >= 0.6 is 11.6 Å². The Morgan fingerprint density at radius 3 is 2.74 bits per heavy atom. The molecule has 1 aromatic carbocycles. The number of rotatable bonds is 1. The normalized spacial score (nSPS) is 22.8. The summed E-state index contributed by atoms with van der Waals surface area (Å²) in [5, 5.41) is -0.0946. The van der Waals surface area contributed by atoms with Gasteiger partial charge in [-0.25, -0.2) is 0 Å². The van der Waals surface area contributed by atoms with Crippen LogP contribution in [0.2, 0.25) is 5.02 Å². The molecule has 2 fully saturated rings. The number of amides is 1. The number of carbonyl (C=O) groups excluding carboxylic acids is 1. The van der Waals surface area contributed by atoms with E-state index >= 15 is 0 Å². The van der Waals surface area contributed by atoms with Gasteiger partial charge in [-0.05, 0) is 18.2 Å². The fourth-order valence-corrected chi connectivity index (χ4v) is 3.23. The van der Waals surface area contributed by atoms with Crippen molar-refractivity contribution in [2.45, 2.75) is 12.2 Å². The van der Waals surface area contributed by atoms with Crippen LogP contribution in [0.1, 0.15) is 15.9 Å². The van der Waals surface area contributed by atoms with E-state index in [1.54, 1.807) is 4.90 Å². The highest BCUT2D eigenvalue weighted by Gasteiger charge is 2.34. The van der Waals surface area contributed by atoms with Crippen LogP contribution in [-0.2, 0) is 10.9 Å². The third-order valence-corrected chi connectivity index (χ3v) is 4.42. The largest absolute Gasteiger partial charge is 0.416 e. The van der Waals surface area contributed by atoms with E-state index in [4.69, 9.17) is 16.3 Å². The minimum atomic E-state index is -4.53. The van der Waals surface area contributed by atoms with E-state index in [2.05, 4.69) is 4.90 Å². The molecule has 0 N–H and O–H groups in total. The molecule has 3 rings (SSSR count). The number of halogens is 4. The molecule has 8 heteroatoms. The van der Waals surface area contributed by atoms with Crippen LogP contribution in [0.4, 0.5) is 13.2 Å². The summed E-state index contributed by atoms with van der Waals surface area (Å²) in [6, 6.07) is 3.06. The standard InChI is InChI=1S/C15H16ClF3N2O2/c16-12-6-10(5-11(7-12)15(17,18)19)14(22)21-2-1-20-3-4-23-9-13(20)8-21/h5-7,13H,1-4,8-9H2. The number of carbonyl (C=O) groups is 1. The molecule has 1 aromatic rings. The summed E-state index contributed by atoms with van der Waals surface area (Å²) < 4.78 is 44.0. The SMILES string of the molecule is O=C(c1cc(Cl)cc(C(F)(F)F)c1)N1CCN2CCOCC2C1. The van der Waals surface area contributed by atoms with Gasteiger partial charge in [-0.1, -0.05) is 11.6 Å². The summed E-state index contributed by atoms with van der Waals surface area (Å²) in [4.78, 5) is 16.4. The van der Waals surface area contributed by atoms with Gasteiger partial charge in [-0.2, -0.15) is 13.2 Å². The Hall–Kier alpha value is -1.31. The number of hydrogen-bond acceptors (Lipinski definition) is 3. The molecule has 0 aromatic heterocycles. The van der Waals surface area contributed by atoms with Gasteiger partial charge >= 0.3 is 6.18 Å². The molecule has 0 spiro atoms. The van der Waals surface area contributed by atoms with Crippen LogP contribution in [0.3, 0.4) is 0 Å². The van der Waals surface area contributed by atoms with Gasteiger partial charge in [-0.3, -0.25) is 9.69 Å². The first-order valence-electron chi connectivity index (χ1n) is 7.33. The number of piperazine rings is 1. The van der Waals surface area contributed by atoms with Crippen molar-refractivity contribution in [3.63, 3.8) is 0 Å². The molecule has 126 valence electrons. The molecule has 4 nitrogen and oxygen atoms in total. The maximum Gasteiger partial charge on any atom is 0.416 e. The Bertz CT molecular complexity index is 609. The lowest BCUT2D eigenvalue weighted by atomic mass is 10.1. The van der Waals surface area contributed by atoms with Crippen LogP contribution < -0.4 is 0 Å². The number of nitrogens with zero attached hydrogens (tertiary/aromatic N) is 2. The molecule has 0 bridgehead atoms. The van der Waals surface area contributed by atoms with Crippen LogP contribution in [-0.4, -0.2) is 61.1 Å². The lowest BCUT2D eigenvalue weighted by Gasteiger charge is -2.43. The zero-order valence-electron chi connectivity index (χ0n) is 12.3. The molecule has 2 saturated heterocycles. The Labute approximate surface area is 136 Å². The molecular formula is C15H16ClF3N2O2. The molecule has 1 amide bonds. The van der Waals surface area contributed by atoms with Gasteiger partial charge in [0.25, 0.3) is 5.91 Å². The van der Waals surface area contributed by atoms with Crippen molar-refractivity contribution < 1.29 is 22.7 Å². The van der Waals surface area contributed by atoms with Crippen molar-refractivity contribution in [1.29, 1.82) is 0 Å². The predicted octanol–water partition coefficient (Wildman–Crippen LogP) is 2.52. The summed E-state index contributed by atoms with van der Waals surface area (Å²) in [5.41, 5.74) is -0.942. The van der Waals surface area contributed by atoms with Crippen molar-refractivity contribution >= 4 is 17.5 Å². The monoisotopic (exact) mass is 348 g/mol. The average Bonchev–Trinajstić information content (AvgIpc) is 2.52. The summed E-state index contributed by atoms with van der Waals surface area (Å²) in [6.45, 7) is 3.67.